The second-order valence-electron chi connectivity index (χ2n) is 4.07. The number of thiocarbonyl (C=S) groups is 1. The van der Waals surface area contributed by atoms with Gasteiger partial charge in [0.2, 0.25) is 5.75 Å². The highest BCUT2D eigenvalue weighted by Crippen LogP contribution is 2.41. The quantitative estimate of drug-likeness (QED) is 0.812. The smallest absolute Gasteiger partial charge is 0.211 e. The van der Waals surface area contributed by atoms with Crippen molar-refractivity contribution in [2.24, 2.45) is 5.73 Å². The summed E-state index contributed by atoms with van der Waals surface area (Å²) in [5, 5.41) is 0. The fraction of sp³-hybridized carbons (Fsp3) is 0.133. The summed E-state index contributed by atoms with van der Waals surface area (Å²) in [5.74, 6) is 2.12. The highest BCUT2D eigenvalue weighted by molar-refractivity contribution is 9.10. The Bertz CT molecular complexity index is 654. The predicted molar refractivity (Wildman–Crippen MR) is 89.6 cm³/mol. The van der Waals surface area contributed by atoms with Crippen molar-refractivity contribution < 1.29 is 14.2 Å². The number of benzene rings is 2. The molecule has 0 bridgehead atoms. The molecule has 0 aliphatic rings. The van der Waals surface area contributed by atoms with E-state index in [1.165, 1.54) is 0 Å². The summed E-state index contributed by atoms with van der Waals surface area (Å²) in [7, 11) is 3.13. The molecule has 0 saturated carbocycles. The van der Waals surface area contributed by atoms with Crippen molar-refractivity contribution in [3.63, 3.8) is 0 Å². The molecule has 0 fully saturated rings. The zero-order chi connectivity index (χ0) is 15.4. The second kappa shape index (κ2) is 6.78. The van der Waals surface area contributed by atoms with Gasteiger partial charge in [0.15, 0.2) is 11.5 Å². The zero-order valence-corrected chi connectivity index (χ0v) is 14.0. The third-order valence-corrected chi connectivity index (χ3v) is 3.68. The first-order valence-corrected chi connectivity index (χ1v) is 7.25. The monoisotopic (exact) mass is 367 g/mol. The van der Waals surface area contributed by atoms with Gasteiger partial charge in [0.25, 0.3) is 0 Å². The van der Waals surface area contributed by atoms with E-state index in [-0.39, 0.29) is 4.99 Å². The van der Waals surface area contributed by atoms with Gasteiger partial charge in [-0.1, -0.05) is 24.4 Å². The Kier molecular flexibility index (Phi) is 5.03. The summed E-state index contributed by atoms with van der Waals surface area (Å²) in [6.07, 6.45) is 0. The van der Waals surface area contributed by atoms with Crippen LogP contribution in [0.4, 0.5) is 0 Å². The normalized spacial score (nSPS) is 10.0. The predicted octanol–water partition coefficient (Wildman–Crippen LogP) is 3.89. The minimum atomic E-state index is 0.242. The number of rotatable bonds is 5. The summed E-state index contributed by atoms with van der Waals surface area (Å²) in [5.41, 5.74) is 6.39. The van der Waals surface area contributed by atoms with Gasteiger partial charge in [-0.2, -0.15) is 0 Å². The molecule has 0 aliphatic heterocycles. The summed E-state index contributed by atoms with van der Waals surface area (Å²) in [6.45, 7) is 0. The van der Waals surface area contributed by atoms with Gasteiger partial charge in [0.1, 0.15) is 10.7 Å². The first-order chi connectivity index (χ1) is 10.1. The van der Waals surface area contributed by atoms with Crippen molar-refractivity contribution in [3.8, 4) is 23.0 Å². The number of para-hydroxylation sites is 1. The van der Waals surface area contributed by atoms with Crippen LogP contribution in [0, 0.1) is 0 Å². The molecule has 0 atom stereocenters. The average molecular weight is 368 g/mol. The fourth-order valence-corrected chi connectivity index (χ4v) is 2.76. The van der Waals surface area contributed by atoms with Gasteiger partial charge in [-0.05, 0) is 40.2 Å². The van der Waals surface area contributed by atoms with E-state index in [1.807, 2.05) is 18.2 Å². The highest BCUT2D eigenvalue weighted by atomic mass is 79.9. The lowest BCUT2D eigenvalue weighted by atomic mass is 10.2. The topological polar surface area (TPSA) is 53.7 Å². The van der Waals surface area contributed by atoms with Gasteiger partial charge < -0.3 is 19.9 Å². The molecule has 0 spiro atoms. The molecule has 0 unspecified atom stereocenters. The van der Waals surface area contributed by atoms with Crippen LogP contribution < -0.4 is 19.9 Å². The molecule has 21 heavy (non-hydrogen) atoms. The summed E-state index contributed by atoms with van der Waals surface area (Å²) in [6, 6.07) is 10.9. The van der Waals surface area contributed by atoms with Gasteiger partial charge in [-0.15, -0.1) is 0 Å². The minimum absolute atomic E-state index is 0.242. The summed E-state index contributed by atoms with van der Waals surface area (Å²) >= 11 is 8.50. The molecule has 0 saturated heterocycles. The van der Waals surface area contributed by atoms with Gasteiger partial charge in [-0.25, -0.2) is 0 Å². The number of methoxy groups -OCH3 is 2. The maximum atomic E-state index is 5.95. The van der Waals surface area contributed by atoms with E-state index >= 15 is 0 Å². The average Bonchev–Trinajstić information content (AvgIpc) is 2.47. The summed E-state index contributed by atoms with van der Waals surface area (Å²) in [4.78, 5) is 0.242. The zero-order valence-electron chi connectivity index (χ0n) is 11.6. The number of nitrogens with two attached hydrogens (primary N) is 1. The molecule has 6 heteroatoms. The lowest BCUT2D eigenvalue weighted by molar-refractivity contribution is 0.346. The first kappa shape index (κ1) is 15.6. The van der Waals surface area contributed by atoms with Crippen LogP contribution in [0.1, 0.15) is 5.56 Å². The van der Waals surface area contributed by atoms with Crippen LogP contribution in [0.3, 0.4) is 0 Å². The maximum Gasteiger partial charge on any atom is 0.211 e. The Labute approximate surface area is 136 Å². The highest BCUT2D eigenvalue weighted by Gasteiger charge is 2.17. The van der Waals surface area contributed by atoms with E-state index in [0.29, 0.717) is 28.6 Å². The Balaban J connectivity index is 2.53. The molecule has 0 aliphatic carbocycles. The third-order valence-electron chi connectivity index (χ3n) is 2.82. The SMILES string of the molecule is COc1cccc(OC)c1Oc1cccc(Br)c1C(N)=S. The number of hydrogen-bond acceptors (Lipinski definition) is 4. The van der Waals surface area contributed by atoms with Crippen LogP contribution in [0.2, 0.25) is 0 Å². The van der Waals surface area contributed by atoms with E-state index < -0.39 is 0 Å². The molecule has 2 rings (SSSR count). The molecule has 0 heterocycles. The Morgan fingerprint density at radius 2 is 1.52 bits per heavy atom. The van der Waals surface area contributed by atoms with Gasteiger partial charge in [0.05, 0.1) is 19.8 Å². The molecular formula is C15H14BrNO3S. The molecule has 4 nitrogen and oxygen atoms in total. The largest absolute Gasteiger partial charge is 0.493 e. The van der Waals surface area contributed by atoms with Crippen molar-refractivity contribution >= 4 is 33.1 Å². The van der Waals surface area contributed by atoms with Crippen molar-refractivity contribution in [1.82, 2.24) is 0 Å². The Morgan fingerprint density at radius 1 is 1.00 bits per heavy atom. The van der Waals surface area contributed by atoms with E-state index in [9.17, 15) is 0 Å². The number of ether oxygens (including phenoxy) is 3. The lowest BCUT2D eigenvalue weighted by Gasteiger charge is -2.16. The molecular weight excluding hydrogens is 354 g/mol. The van der Waals surface area contributed by atoms with Crippen molar-refractivity contribution in [1.29, 1.82) is 0 Å². The maximum absolute atomic E-state index is 5.95. The van der Waals surface area contributed by atoms with Crippen LogP contribution in [-0.4, -0.2) is 19.2 Å². The number of halogens is 1. The van der Waals surface area contributed by atoms with Gasteiger partial charge in [0, 0.05) is 4.47 Å². The second-order valence-corrected chi connectivity index (χ2v) is 5.37. The van der Waals surface area contributed by atoms with Gasteiger partial charge in [-0.3, -0.25) is 0 Å². The van der Waals surface area contributed by atoms with Crippen LogP contribution in [0.15, 0.2) is 40.9 Å². The third kappa shape index (κ3) is 3.28. The number of hydrogen-bond donors (Lipinski definition) is 1. The molecule has 2 aromatic carbocycles. The van der Waals surface area contributed by atoms with E-state index in [1.54, 1.807) is 32.4 Å². The van der Waals surface area contributed by atoms with Crippen LogP contribution in [0.25, 0.3) is 0 Å². The minimum Gasteiger partial charge on any atom is -0.493 e. The molecule has 2 N–H and O–H groups in total. The van der Waals surface area contributed by atoms with Gasteiger partial charge >= 0.3 is 0 Å². The Hall–Kier alpha value is -1.79. The van der Waals surface area contributed by atoms with Crippen LogP contribution in [-0.2, 0) is 0 Å². The molecule has 2 aromatic rings. The Morgan fingerprint density at radius 3 is 2.05 bits per heavy atom. The van der Waals surface area contributed by atoms with E-state index in [4.69, 9.17) is 32.2 Å². The standard InChI is InChI=1S/C15H14BrNO3S/c1-18-11-7-4-8-12(19-2)14(11)20-10-6-3-5-9(16)13(10)15(17)21/h3-8H,1-2H3,(H2,17,21). The molecule has 0 radical (unpaired) electrons. The van der Waals surface area contributed by atoms with Crippen LogP contribution in [0.5, 0.6) is 23.0 Å². The van der Waals surface area contributed by atoms with Crippen molar-refractivity contribution in [3.05, 3.63) is 46.4 Å². The molecule has 0 amide bonds. The molecule has 110 valence electrons. The van der Waals surface area contributed by atoms with Crippen LogP contribution >= 0.6 is 28.1 Å². The van der Waals surface area contributed by atoms with Crippen molar-refractivity contribution in [2.45, 2.75) is 0 Å². The summed E-state index contributed by atoms with van der Waals surface area (Å²) < 4.78 is 17.3. The first-order valence-electron chi connectivity index (χ1n) is 6.05. The van der Waals surface area contributed by atoms with E-state index in [2.05, 4.69) is 15.9 Å². The lowest BCUT2D eigenvalue weighted by Crippen LogP contribution is -2.11. The fourth-order valence-electron chi connectivity index (χ4n) is 1.86. The van der Waals surface area contributed by atoms with Crippen molar-refractivity contribution in [2.75, 3.05) is 14.2 Å². The van der Waals surface area contributed by atoms with E-state index in [0.717, 1.165) is 4.47 Å². The molecule has 0 aromatic heterocycles.